The fraction of sp³-hybridized carbons (Fsp3) is 0.444. The van der Waals surface area contributed by atoms with Crippen molar-refractivity contribution >= 4 is 0 Å². The SMILES string of the molecule is CCOC[C@@H](O)CN(Cc1c(C)nn(-c2ccccc2)c1Oc1ccccc1)C[C@H]1CCCO1. The Hall–Kier alpha value is -2.71. The number of hydrogen-bond donors (Lipinski definition) is 1. The summed E-state index contributed by atoms with van der Waals surface area (Å²) in [4.78, 5) is 2.23. The van der Waals surface area contributed by atoms with Crippen LogP contribution in [-0.4, -0.2) is 64.9 Å². The van der Waals surface area contributed by atoms with Gasteiger partial charge in [0.05, 0.1) is 35.8 Å². The average molecular weight is 466 g/mol. The number of benzene rings is 2. The van der Waals surface area contributed by atoms with E-state index in [2.05, 4.69) is 4.90 Å². The summed E-state index contributed by atoms with van der Waals surface area (Å²) in [7, 11) is 0. The van der Waals surface area contributed by atoms with Gasteiger partial charge in [0.2, 0.25) is 5.88 Å². The van der Waals surface area contributed by atoms with Crippen molar-refractivity contribution < 1.29 is 19.3 Å². The molecule has 0 spiro atoms. The summed E-state index contributed by atoms with van der Waals surface area (Å²) in [6, 6.07) is 19.8. The van der Waals surface area contributed by atoms with Gasteiger partial charge in [-0.05, 0) is 51.0 Å². The van der Waals surface area contributed by atoms with Gasteiger partial charge in [-0.3, -0.25) is 4.90 Å². The Labute approximate surface area is 201 Å². The number of aliphatic hydroxyl groups excluding tert-OH is 1. The highest BCUT2D eigenvalue weighted by molar-refractivity contribution is 5.43. The Balaban J connectivity index is 1.64. The molecule has 1 aliphatic heterocycles. The lowest BCUT2D eigenvalue weighted by atomic mass is 10.1. The van der Waals surface area contributed by atoms with Crippen LogP contribution in [-0.2, 0) is 16.0 Å². The Morgan fingerprint density at radius 1 is 1.15 bits per heavy atom. The highest BCUT2D eigenvalue weighted by Crippen LogP contribution is 2.32. The van der Waals surface area contributed by atoms with E-state index in [1.807, 2.05) is 79.2 Å². The predicted octanol–water partition coefficient (Wildman–Crippen LogP) is 4.35. The first-order chi connectivity index (χ1) is 16.6. The Morgan fingerprint density at radius 3 is 2.56 bits per heavy atom. The molecule has 0 saturated carbocycles. The highest BCUT2D eigenvalue weighted by atomic mass is 16.5. The molecule has 1 fully saturated rings. The molecule has 0 radical (unpaired) electrons. The quantitative estimate of drug-likeness (QED) is 0.429. The molecule has 7 heteroatoms. The van der Waals surface area contributed by atoms with Crippen LogP contribution in [0, 0.1) is 6.92 Å². The summed E-state index contributed by atoms with van der Waals surface area (Å²) >= 11 is 0. The minimum atomic E-state index is -0.579. The van der Waals surface area contributed by atoms with Crippen molar-refractivity contribution in [3.8, 4) is 17.3 Å². The van der Waals surface area contributed by atoms with Crippen LogP contribution in [0.3, 0.4) is 0 Å². The van der Waals surface area contributed by atoms with Gasteiger partial charge >= 0.3 is 0 Å². The summed E-state index contributed by atoms with van der Waals surface area (Å²) in [5.41, 5.74) is 2.82. The standard InChI is InChI=1S/C27H35N3O4/c1-3-32-20-23(31)17-29(18-25-15-10-16-33-25)19-26-21(2)28-30(22-11-6-4-7-12-22)27(26)34-24-13-8-5-9-14-24/h4-9,11-14,23,25,31H,3,10,15-20H2,1-2H3/t23-,25+/m0/s1. The third-order valence-corrected chi connectivity index (χ3v) is 5.95. The van der Waals surface area contributed by atoms with Crippen molar-refractivity contribution in [1.82, 2.24) is 14.7 Å². The zero-order valence-electron chi connectivity index (χ0n) is 20.1. The van der Waals surface area contributed by atoms with Crippen molar-refractivity contribution in [1.29, 1.82) is 0 Å². The van der Waals surface area contributed by atoms with Gasteiger partial charge < -0.3 is 19.3 Å². The number of aliphatic hydroxyl groups is 1. The summed E-state index contributed by atoms with van der Waals surface area (Å²) in [5.74, 6) is 1.44. The Morgan fingerprint density at radius 2 is 1.88 bits per heavy atom. The van der Waals surface area contributed by atoms with Gasteiger partial charge in [-0.2, -0.15) is 5.10 Å². The number of rotatable bonds is 12. The highest BCUT2D eigenvalue weighted by Gasteiger charge is 2.26. The molecular formula is C27H35N3O4. The molecule has 2 aromatic carbocycles. The largest absolute Gasteiger partial charge is 0.439 e. The van der Waals surface area contributed by atoms with Gasteiger partial charge in [-0.25, -0.2) is 4.68 Å². The van der Waals surface area contributed by atoms with Gasteiger partial charge in [-0.1, -0.05) is 36.4 Å². The van der Waals surface area contributed by atoms with Crippen LogP contribution >= 0.6 is 0 Å². The molecule has 2 atom stereocenters. The van der Waals surface area contributed by atoms with Gasteiger partial charge in [0.15, 0.2) is 0 Å². The first-order valence-corrected chi connectivity index (χ1v) is 12.1. The predicted molar refractivity (Wildman–Crippen MR) is 132 cm³/mol. The lowest BCUT2D eigenvalue weighted by Gasteiger charge is -2.27. The van der Waals surface area contributed by atoms with Crippen LogP contribution in [0.25, 0.3) is 5.69 Å². The van der Waals surface area contributed by atoms with E-state index in [-0.39, 0.29) is 6.10 Å². The van der Waals surface area contributed by atoms with Crippen molar-refractivity contribution in [3.63, 3.8) is 0 Å². The van der Waals surface area contributed by atoms with E-state index in [9.17, 15) is 5.11 Å². The van der Waals surface area contributed by atoms with E-state index in [1.54, 1.807) is 0 Å². The third kappa shape index (κ3) is 6.45. The van der Waals surface area contributed by atoms with E-state index in [4.69, 9.17) is 19.3 Å². The van der Waals surface area contributed by atoms with E-state index < -0.39 is 6.10 Å². The second-order valence-electron chi connectivity index (χ2n) is 8.67. The van der Waals surface area contributed by atoms with E-state index in [0.29, 0.717) is 32.2 Å². The number of hydrogen-bond acceptors (Lipinski definition) is 6. The average Bonchev–Trinajstić information content (AvgIpc) is 3.47. The minimum Gasteiger partial charge on any atom is -0.439 e. The van der Waals surface area contributed by atoms with Crippen LogP contribution in [0.2, 0.25) is 0 Å². The molecule has 0 unspecified atom stereocenters. The zero-order valence-corrected chi connectivity index (χ0v) is 20.1. The lowest BCUT2D eigenvalue weighted by Crippen LogP contribution is -2.39. The molecular weight excluding hydrogens is 430 g/mol. The minimum absolute atomic E-state index is 0.169. The van der Waals surface area contributed by atoms with Crippen molar-refractivity contribution in [2.45, 2.75) is 45.4 Å². The molecule has 34 heavy (non-hydrogen) atoms. The second-order valence-corrected chi connectivity index (χ2v) is 8.67. The smallest absolute Gasteiger partial charge is 0.227 e. The first kappa shape index (κ1) is 24.4. The van der Waals surface area contributed by atoms with Gasteiger partial charge in [0, 0.05) is 32.8 Å². The fourth-order valence-electron chi connectivity index (χ4n) is 4.28. The van der Waals surface area contributed by atoms with E-state index >= 15 is 0 Å². The van der Waals surface area contributed by atoms with Crippen molar-refractivity contribution in [2.75, 3.05) is 32.9 Å². The maximum atomic E-state index is 10.6. The molecule has 7 nitrogen and oxygen atoms in total. The Bertz CT molecular complexity index is 1000. The van der Waals surface area contributed by atoms with Gasteiger partial charge in [0.25, 0.3) is 0 Å². The van der Waals surface area contributed by atoms with Crippen LogP contribution in [0.4, 0.5) is 0 Å². The van der Waals surface area contributed by atoms with E-state index in [1.165, 1.54) is 0 Å². The molecule has 3 aromatic rings. The maximum absolute atomic E-state index is 10.6. The van der Waals surface area contributed by atoms with Crippen LogP contribution in [0.15, 0.2) is 60.7 Å². The summed E-state index contributed by atoms with van der Waals surface area (Å²) in [5, 5.41) is 15.4. The summed E-state index contributed by atoms with van der Waals surface area (Å²) < 4.78 is 19.6. The normalized spacial score (nSPS) is 16.8. The molecule has 182 valence electrons. The first-order valence-electron chi connectivity index (χ1n) is 12.1. The number of aryl methyl sites for hydroxylation is 1. The zero-order chi connectivity index (χ0) is 23.8. The third-order valence-electron chi connectivity index (χ3n) is 5.95. The van der Waals surface area contributed by atoms with Crippen LogP contribution in [0.5, 0.6) is 11.6 Å². The molecule has 1 N–H and O–H groups in total. The summed E-state index contributed by atoms with van der Waals surface area (Å²) in [6.45, 7) is 7.45. The topological polar surface area (TPSA) is 69.0 Å². The lowest BCUT2D eigenvalue weighted by molar-refractivity contribution is 0.00498. The molecule has 0 bridgehead atoms. The molecule has 0 aliphatic carbocycles. The fourth-order valence-corrected chi connectivity index (χ4v) is 4.28. The molecule has 1 saturated heterocycles. The Kier molecular flexibility index (Phi) is 8.71. The number of ether oxygens (including phenoxy) is 3. The molecule has 4 rings (SSSR count). The molecule has 2 heterocycles. The van der Waals surface area contributed by atoms with E-state index in [0.717, 1.165) is 48.7 Å². The number of para-hydroxylation sites is 2. The molecule has 1 aromatic heterocycles. The van der Waals surface area contributed by atoms with Crippen molar-refractivity contribution in [3.05, 3.63) is 71.9 Å². The monoisotopic (exact) mass is 465 g/mol. The number of nitrogens with zero attached hydrogens (tertiary/aromatic N) is 3. The molecule has 0 amide bonds. The van der Waals surface area contributed by atoms with Crippen LogP contribution in [0.1, 0.15) is 31.0 Å². The maximum Gasteiger partial charge on any atom is 0.227 e. The van der Waals surface area contributed by atoms with Gasteiger partial charge in [0.1, 0.15) is 5.75 Å². The van der Waals surface area contributed by atoms with Crippen molar-refractivity contribution in [2.24, 2.45) is 0 Å². The number of aromatic nitrogens is 2. The second kappa shape index (κ2) is 12.1. The summed E-state index contributed by atoms with van der Waals surface area (Å²) in [6.07, 6.45) is 1.70. The van der Waals surface area contributed by atoms with Crippen LogP contribution < -0.4 is 4.74 Å². The molecule has 1 aliphatic rings. The van der Waals surface area contributed by atoms with Gasteiger partial charge in [-0.15, -0.1) is 0 Å².